The fraction of sp³-hybridized carbons (Fsp3) is 0.652. The van der Waals surface area contributed by atoms with E-state index in [1.807, 2.05) is 83.7 Å². The molecule has 0 radical (unpaired) electrons. The lowest BCUT2D eigenvalue weighted by molar-refractivity contribution is -0.157. The SMILES string of the molecule is CC(C)(C)OC(=O)C[C@@H]1CCN(CCF)C1.CC(C)(C)OC(=O)C[C@@H]1CCNC1.CC(C)(C)OC(=O)Nc1cccn([C@H]2CCN(CCF)C2)c1=O.COC(=O)c1cccn([C@H]2CCN(CCF)C2)c1=O.COC(=O)c1cccoc1=O.Cl.FCCI.N[C@@H]1CCN(CCF)C1.Nc1cccn([C@@H]2CCN(CCF)C2)c1=O.O=C(O)c1cccn([C@H]2CCN(CCF)C2)c1=O. The van der Waals surface area contributed by atoms with Crippen LogP contribution < -0.4 is 50.0 Å². The van der Waals surface area contributed by atoms with Crippen molar-refractivity contribution in [3.63, 3.8) is 0 Å². The molecule has 7 saturated heterocycles. The normalized spacial score (nSPS) is 19.7. The van der Waals surface area contributed by atoms with Crippen LogP contribution in [0.2, 0.25) is 0 Å². The van der Waals surface area contributed by atoms with Crippen LogP contribution in [0.15, 0.2) is 120 Å². The molecule has 7 N–H and O–H groups in total. The monoisotopic (exact) mass is 1980 g/mol. The minimum Gasteiger partial charge on any atom is -0.477 e. The Morgan fingerprint density at radius 3 is 1.22 bits per heavy atom. The van der Waals surface area contributed by atoms with Gasteiger partial charge in [0.2, 0.25) is 0 Å². The Hall–Kier alpha value is -8.62. The molecular weight excluding hydrogens is 1850 g/mol. The third kappa shape index (κ3) is 42.9. The summed E-state index contributed by atoms with van der Waals surface area (Å²) in [5, 5.41) is 14.6. The highest BCUT2D eigenvalue weighted by molar-refractivity contribution is 14.1. The number of aromatic nitrogens is 4. The highest BCUT2D eigenvalue weighted by Crippen LogP contribution is 2.26. The fourth-order valence-electron chi connectivity index (χ4n) is 14.9. The Morgan fingerprint density at radius 1 is 0.469 bits per heavy atom. The molecule has 0 aromatic carbocycles. The van der Waals surface area contributed by atoms with Crippen LogP contribution >= 0.6 is 35.0 Å². The number of carboxylic acid groups (broad SMARTS) is 1. The number of likely N-dealkylation sites (tertiary alicyclic amines) is 6. The van der Waals surface area contributed by atoms with Crippen molar-refractivity contribution in [2.24, 2.45) is 17.6 Å². The van der Waals surface area contributed by atoms with Crippen molar-refractivity contribution >= 4 is 82.3 Å². The summed E-state index contributed by atoms with van der Waals surface area (Å²) >= 11 is 1.98. The number of anilines is 2. The summed E-state index contributed by atoms with van der Waals surface area (Å²) in [6.45, 7) is 28.3. The van der Waals surface area contributed by atoms with Gasteiger partial charge in [-0.3, -0.25) is 63.0 Å². The predicted octanol–water partition coefficient (Wildman–Crippen LogP) is 10.2. The number of carbonyl (C=O) groups excluding carboxylic acids is 5. The van der Waals surface area contributed by atoms with Gasteiger partial charge in [-0.2, -0.15) is 0 Å². The van der Waals surface area contributed by atoms with Crippen LogP contribution in [0, 0.1) is 11.8 Å². The van der Waals surface area contributed by atoms with E-state index in [9.17, 15) is 83.5 Å². The number of nitrogens with one attached hydrogen (secondary N) is 2. The maximum Gasteiger partial charge on any atom is 0.412 e. The van der Waals surface area contributed by atoms with Crippen molar-refractivity contribution in [3.05, 3.63) is 160 Å². The first-order chi connectivity index (χ1) is 61.2. The zero-order chi connectivity index (χ0) is 96.0. The molecule has 41 heteroatoms. The molecule has 32 nitrogen and oxygen atoms in total. The number of nitrogens with zero attached hydrogens (tertiary/aromatic N) is 10. The van der Waals surface area contributed by atoms with Crippen LogP contribution in [0.3, 0.4) is 0 Å². The van der Waals surface area contributed by atoms with Gasteiger partial charge < -0.3 is 73.2 Å². The molecule has 12 rings (SSSR count). The van der Waals surface area contributed by atoms with Gasteiger partial charge in [0.05, 0.1) is 57.0 Å². The van der Waals surface area contributed by atoms with Crippen LogP contribution in [0.5, 0.6) is 0 Å². The van der Waals surface area contributed by atoms with Gasteiger partial charge in [0.1, 0.15) is 79.2 Å². The topological polar surface area (TPSA) is 383 Å². The van der Waals surface area contributed by atoms with Crippen LogP contribution in [0.4, 0.5) is 46.9 Å². The number of nitrogens with two attached hydrogens (primary N) is 2. The second kappa shape index (κ2) is 60.5. The summed E-state index contributed by atoms with van der Waals surface area (Å²) in [6, 6.07) is 15.7. The zero-order valence-electron chi connectivity index (χ0n) is 76.8. The number of carbonyl (C=O) groups is 6. The highest BCUT2D eigenvalue weighted by atomic mass is 127. The van der Waals surface area contributed by atoms with E-state index in [0.29, 0.717) is 88.0 Å². The maximum atomic E-state index is 12.5. The predicted molar refractivity (Wildman–Crippen MR) is 496 cm³/mol. The van der Waals surface area contributed by atoms with Crippen molar-refractivity contribution < 1.29 is 92.7 Å². The number of nitrogen functional groups attached to an aromatic ring is 1. The number of amides is 1. The lowest BCUT2D eigenvalue weighted by Crippen LogP contribution is -2.32. The molecule has 130 heavy (non-hydrogen) atoms. The number of aromatic carboxylic acids is 1. The Labute approximate surface area is 776 Å². The molecule has 7 aliphatic heterocycles. The van der Waals surface area contributed by atoms with Crippen LogP contribution in [0.25, 0.3) is 0 Å². The second-order valence-electron chi connectivity index (χ2n) is 34.5. The Bertz CT molecular complexity index is 4510. The Balaban J connectivity index is 0.000000385. The molecule has 7 atom stereocenters. The van der Waals surface area contributed by atoms with Gasteiger partial charge >= 0.3 is 41.6 Å². The van der Waals surface area contributed by atoms with Crippen molar-refractivity contribution in [2.75, 3.05) is 207 Å². The molecule has 0 unspecified atom stereocenters. The number of methoxy groups -OCH3 is 2. The number of esters is 4. The largest absolute Gasteiger partial charge is 0.477 e. The first-order valence-electron chi connectivity index (χ1n) is 43.5. The zero-order valence-corrected chi connectivity index (χ0v) is 79.8. The van der Waals surface area contributed by atoms with Gasteiger partial charge in [-0.05, 0) is 206 Å². The minimum atomic E-state index is -1.21. The standard InChI is InChI=1S/C16H24FN3O3.C13H17FN2O3.C12H15FN2O3.C12H22FNO2.C11H16FN3O.C10H19NO2.C7H6O4.C6H13FN2.C2H4FI.ClH/c1-16(2,3)23-15(22)18-13-5-4-8-20(14(13)21)12-6-9-19(11-12)10-7-17;1-19-13(18)11-3-2-6-16(12(11)17)10-4-7-15(9-10)8-5-14;13-4-7-14-6-3-9(8-14)15-5-1-2-10(11(15)16)12(17)18;1-12(2,3)16-11(15)8-10-4-6-14(9-10)7-5-13;12-4-7-14-6-3-9(8-14)15-5-1-2-10(13)11(15)16;1-10(2,3)13-9(12)6-8-4-5-11-7-8;1-10-6(8)5-3-2-4-11-7(5)9;7-2-4-9-3-1-6(8)5-9;3-1-2-4;/h4-5,8,12H,6-7,9-11H2,1-3H3,(H,18,22);2-3,6,10H,4-5,7-9H2,1H3;1-2,5,9H,3-4,6-8H2,(H,17,18);10H,4-9H2,1-3H3;1-2,5,9H,3-4,6-8,13H2;8,11H,4-7H2,1-3H3;2-4H,1H3;6H,1-5,8H2;1-2H2;1H/t12-;10-;9-;10-;9-;8-;;6-;;/m000010.1../s1. The maximum absolute atomic E-state index is 12.5. The van der Waals surface area contributed by atoms with E-state index in [4.69, 9.17) is 30.8 Å². The molecule has 734 valence electrons. The molecule has 0 aliphatic carbocycles. The van der Waals surface area contributed by atoms with E-state index in [0.717, 1.165) is 117 Å². The summed E-state index contributed by atoms with van der Waals surface area (Å²) in [7, 11) is 2.45. The quantitative estimate of drug-likeness (QED) is 0.0119. The van der Waals surface area contributed by atoms with Gasteiger partial charge in [-0.1, -0.05) is 22.6 Å². The smallest absolute Gasteiger partial charge is 0.412 e. The molecular formula is C89H137ClF7IN14O18. The average Bonchev–Trinajstić information content (AvgIpc) is 1.76. The van der Waals surface area contributed by atoms with E-state index in [-0.39, 0.29) is 145 Å². The van der Waals surface area contributed by atoms with E-state index >= 15 is 0 Å². The fourth-order valence-corrected chi connectivity index (χ4v) is 14.9. The number of alkyl halides is 8. The van der Waals surface area contributed by atoms with Crippen molar-refractivity contribution in [1.82, 2.24) is 53.0 Å². The summed E-state index contributed by atoms with van der Waals surface area (Å²) < 4.78 is 120. The lowest BCUT2D eigenvalue weighted by Gasteiger charge is -2.20. The molecule has 7 aliphatic rings. The van der Waals surface area contributed by atoms with E-state index in [2.05, 4.69) is 34.3 Å². The summed E-state index contributed by atoms with van der Waals surface area (Å²) in [5.74, 6) is -1.91. The third-order valence-electron chi connectivity index (χ3n) is 21.0. The van der Waals surface area contributed by atoms with Gasteiger partial charge in [-0.25, -0.2) is 50.3 Å². The molecule has 0 spiro atoms. The summed E-state index contributed by atoms with van der Waals surface area (Å²) in [4.78, 5) is 139. The van der Waals surface area contributed by atoms with Gasteiger partial charge in [0.25, 0.3) is 22.2 Å². The van der Waals surface area contributed by atoms with Crippen LogP contribution in [0.1, 0.15) is 175 Å². The second-order valence-corrected chi connectivity index (χ2v) is 35.6. The van der Waals surface area contributed by atoms with Gasteiger partial charge in [-0.15, -0.1) is 12.4 Å². The molecule has 0 bridgehead atoms. The summed E-state index contributed by atoms with van der Waals surface area (Å²) in [5.41, 5.74) is 8.04. The van der Waals surface area contributed by atoms with Gasteiger partial charge in [0, 0.05) is 153 Å². The summed E-state index contributed by atoms with van der Waals surface area (Å²) in [6.07, 6.45) is 14.6. The van der Waals surface area contributed by atoms with E-state index in [1.165, 1.54) is 49.3 Å². The first-order valence-corrected chi connectivity index (χ1v) is 45.0. The molecule has 0 saturated carbocycles. The minimum absolute atomic E-state index is 0. The van der Waals surface area contributed by atoms with Crippen LogP contribution in [-0.2, 0) is 33.3 Å². The number of pyridine rings is 4. The Morgan fingerprint density at radius 2 is 0.831 bits per heavy atom. The molecule has 7 fully saturated rings. The van der Waals surface area contributed by atoms with Crippen molar-refractivity contribution in [1.29, 1.82) is 0 Å². The molecule has 12 heterocycles. The number of carboxylic acids is 1. The number of hydrogen-bond donors (Lipinski definition) is 5. The molecule has 1 amide bonds. The molecule has 5 aromatic rings. The van der Waals surface area contributed by atoms with E-state index < -0.39 is 53.1 Å². The number of ether oxygens (including phenoxy) is 5. The van der Waals surface area contributed by atoms with Crippen molar-refractivity contribution in [2.45, 2.75) is 167 Å². The number of rotatable bonds is 25. The van der Waals surface area contributed by atoms with Crippen molar-refractivity contribution in [3.8, 4) is 0 Å². The number of halogens is 9. The molecule has 5 aromatic heterocycles. The van der Waals surface area contributed by atoms with Gasteiger partial charge in [0.15, 0.2) is 0 Å². The third-order valence-corrected chi connectivity index (χ3v) is 21.4. The average molecular weight is 1990 g/mol. The highest BCUT2D eigenvalue weighted by Gasteiger charge is 2.32. The van der Waals surface area contributed by atoms with E-state index in [1.54, 1.807) is 95.7 Å². The Kier molecular flexibility index (Phi) is 53.8. The number of hydrogen-bond acceptors (Lipinski definition) is 26. The first kappa shape index (κ1) is 116. The lowest BCUT2D eigenvalue weighted by atomic mass is 10.1. The van der Waals surface area contributed by atoms with Crippen LogP contribution in [-0.4, -0.2) is 308 Å².